The molecule has 0 spiro atoms. The van der Waals surface area contributed by atoms with Crippen molar-refractivity contribution in [2.75, 3.05) is 0 Å². The quantitative estimate of drug-likeness (QED) is 0.365. The maximum Gasteiger partial charge on any atom is 0.127 e. The lowest BCUT2D eigenvalue weighted by Gasteiger charge is -2.16. The van der Waals surface area contributed by atoms with E-state index < -0.39 is 8.80 Å². The van der Waals surface area contributed by atoms with Gasteiger partial charge in [0, 0.05) is 6.42 Å². The van der Waals surface area contributed by atoms with E-state index in [1.54, 1.807) is 0 Å². The van der Waals surface area contributed by atoms with Crippen LogP contribution in [0.15, 0.2) is 0 Å². The Bertz CT molecular complexity index is 163. The van der Waals surface area contributed by atoms with Crippen molar-refractivity contribution in [1.82, 2.24) is 0 Å². The Morgan fingerprint density at radius 3 is 2.00 bits per heavy atom. The van der Waals surface area contributed by atoms with E-state index in [1.807, 2.05) is 0 Å². The third-order valence-electron chi connectivity index (χ3n) is 2.36. The Balaban J connectivity index is 3.98. The van der Waals surface area contributed by atoms with Crippen LogP contribution in [0.25, 0.3) is 0 Å². The highest BCUT2D eigenvalue weighted by Crippen LogP contribution is 2.18. The van der Waals surface area contributed by atoms with Crippen molar-refractivity contribution in [3.8, 4) is 11.5 Å². The van der Waals surface area contributed by atoms with Gasteiger partial charge in [-0.25, -0.2) is 0 Å². The molecule has 0 amide bonds. The zero-order valence-electron chi connectivity index (χ0n) is 9.85. The lowest BCUT2D eigenvalue weighted by atomic mass is 10.3. The normalized spacial score (nSPS) is 10.8. The second-order valence-corrected chi connectivity index (χ2v) is 8.45. The van der Waals surface area contributed by atoms with E-state index in [-0.39, 0.29) is 0 Å². The molecule has 0 nitrogen and oxygen atoms in total. The zero-order chi connectivity index (χ0) is 10.3. The van der Waals surface area contributed by atoms with Gasteiger partial charge in [0.15, 0.2) is 0 Å². The van der Waals surface area contributed by atoms with Crippen LogP contribution in [-0.2, 0) is 0 Å². The summed E-state index contributed by atoms with van der Waals surface area (Å²) < 4.78 is 0. The van der Waals surface area contributed by atoms with Gasteiger partial charge in [0.25, 0.3) is 0 Å². The fourth-order valence-electron chi connectivity index (χ4n) is 1.56. The van der Waals surface area contributed by atoms with Gasteiger partial charge in [-0.05, 0) is 17.5 Å². The average molecular weight is 196 g/mol. The topological polar surface area (TPSA) is 0 Å². The maximum atomic E-state index is 3.54. The van der Waals surface area contributed by atoms with Crippen molar-refractivity contribution in [2.24, 2.45) is 0 Å². The molecule has 1 heteroatoms. The van der Waals surface area contributed by atoms with Crippen LogP contribution in [-0.4, -0.2) is 8.80 Å². The number of hydrogen-bond donors (Lipinski definition) is 0. The molecule has 0 fully saturated rings. The van der Waals surface area contributed by atoms with Crippen molar-refractivity contribution in [3.63, 3.8) is 0 Å². The van der Waals surface area contributed by atoms with Crippen LogP contribution in [0.2, 0.25) is 11.1 Å². The minimum absolute atomic E-state index is 0.784. The molecule has 0 rings (SSSR count). The molecular weight excluding hydrogens is 172 g/mol. The molecular formula is C12H24Si. The third kappa shape index (κ3) is 5.93. The standard InChI is InChI=1S/C12H24Si/c1-6-7-8-9-10-13(11(2)3)12(4)5/h11-13H,6-8H2,1-5H3. The van der Waals surface area contributed by atoms with E-state index in [4.69, 9.17) is 0 Å². The van der Waals surface area contributed by atoms with Crippen molar-refractivity contribution in [1.29, 1.82) is 0 Å². The highest BCUT2D eigenvalue weighted by molar-refractivity contribution is 6.70. The SMILES string of the molecule is CCCCC#C[SiH](C(C)C)C(C)C. The lowest BCUT2D eigenvalue weighted by Crippen LogP contribution is -2.18. The summed E-state index contributed by atoms with van der Waals surface area (Å²) in [5, 5.41) is 0. The second kappa shape index (κ2) is 7.21. The van der Waals surface area contributed by atoms with Crippen molar-refractivity contribution in [2.45, 2.75) is 65.0 Å². The third-order valence-corrected chi connectivity index (χ3v) is 5.77. The first-order chi connectivity index (χ1) is 6.09. The first kappa shape index (κ1) is 12.8. The van der Waals surface area contributed by atoms with Crippen LogP contribution in [0.3, 0.4) is 0 Å². The van der Waals surface area contributed by atoms with Gasteiger partial charge >= 0.3 is 0 Å². The zero-order valence-corrected chi connectivity index (χ0v) is 11.0. The van der Waals surface area contributed by atoms with Gasteiger partial charge in [-0.1, -0.05) is 41.0 Å². The van der Waals surface area contributed by atoms with Crippen LogP contribution < -0.4 is 0 Å². The minimum atomic E-state index is -0.784. The lowest BCUT2D eigenvalue weighted by molar-refractivity contribution is 0.828. The molecule has 0 aromatic heterocycles. The Kier molecular flexibility index (Phi) is 7.08. The molecule has 0 N–H and O–H groups in total. The van der Waals surface area contributed by atoms with Crippen molar-refractivity contribution >= 4 is 8.80 Å². The molecule has 0 saturated heterocycles. The number of rotatable bonds is 4. The smallest absolute Gasteiger partial charge is 0.127 e. The van der Waals surface area contributed by atoms with E-state index in [0.29, 0.717) is 0 Å². The Labute approximate surface area is 85.7 Å². The molecule has 0 aromatic rings. The monoisotopic (exact) mass is 196 g/mol. The summed E-state index contributed by atoms with van der Waals surface area (Å²) in [6, 6.07) is 0. The fraction of sp³-hybridized carbons (Fsp3) is 0.833. The second-order valence-electron chi connectivity index (χ2n) is 4.44. The largest absolute Gasteiger partial charge is 0.135 e. The van der Waals surface area contributed by atoms with Crippen LogP contribution >= 0.6 is 0 Å². The molecule has 76 valence electrons. The Morgan fingerprint density at radius 1 is 1.08 bits per heavy atom. The van der Waals surface area contributed by atoms with E-state index in [1.165, 1.54) is 12.8 Å². The Morgan fingerprint density at radius 2 is 1.62 bits per heavy atom. The molecule has 0 aliphatic carbocycles. The van der Waals surface area contributed by atoms with Gasteiger partial charge in [-0.3, -0.25) is 0 Å². The summed E-state index contributed by atoms with van der Waals surface area (Å²) in [7, 11) is -0.784. The average Bonchev–Trinajstić information content (AvgIpc) is 2.02. The first-order valence-corrected chi connectivity index (χ1v) is 7.49. The van der Waals surface area contributed by atoms with Gasteiger partial charge in [0.05, 0.1) is 0 Å². The van der Waals surface area contributed by atoms with Crippen LogP contribution in [0.4, 0.5) is 0 Å². The molecule has 0 aliphatic rings. The van der Waals surface area contributed by atoms with Crippen molar-refractivity contribution in [3.05, 3.63) is 0 Å². The molecule has 0 unspecified atom stereocenters. The predicted molar refractivity (Wildman–Crippen MR) is 64.6 cm³/mol. The number of hydrogen-bond acceptors (Lipinski definition) is 0. The summed E-state index contributed by atoms with van der Waals surface area (Å²) in [6.45, 7) is 11.5. The summed E-state index contributed by atoms with van der Waals surface area (Å²) in [5.74, 6) is 3.36. The van der Waals surface area contributed by atoms with E-state index >= 15 is 0 Å². The van der Waals surface area contributed by atoms with E-state index in [0.717, 1.165) is 17.5 Å². The molecule has 0 radical (unpaired) electrons. The molecule has 0 aromatic carbocycles. The summed E-state index contributed by atoms with van der Waals surface area (Å²) in [6.07, 6.45) is 3.65. The minimum Gasteiger partial charge on any atom is -0.135 e. The Hall–Kier alpha value is -0.223. The molecule has 0 saturated carbocycles. The summed E-state index contributed by atoms with van der Waals surface area (Å²) in [4.78, 5) is 0. The van der Waals surface area contributed by atoms with E-state index in [9.17, 15) is 0 Å². The number of unbranched alkanes of at least 4 members (excludes halogenated alkanes) is 2. The molecule has 0 bridgehead atoms. The highest BCUT2D eigenvalue weighted by atomic mass is 28.3. The molecule has 0 atom stereocenters. The van der Waals surface area contributed by atoms with Crippen LogP contribution in [0, 0.1) is 11.5 Å². The van der Waals surface area contributed by atoms with Crippen LogP contribution in [0.1, 0.15) is 53.9 Å². The first-order valence-electron chi connectivity index (χ1n) is 5.58. The molecule has 0 heterocycles. The fourth-order valence-corrected chi connectivity index (χ4v) is 4.14. The summed E-state index contributed by atoms with van der Waals surface area (Å²) in [5.41, 5.74) is 5.20. The van der Waals surface area contributed by atoms with Gasteiger partial charge < -0.3 is 0 Å². The highest BCUT2D eigenvalue weighted by Gasteiger charge is 2.16. The van der Waals surface area contributed by atoms with Gasteiger partial charge in [0.2, 0.25) is 0 Å². The van der Waals surface area contributed by atoms with Crippen molar-refractivity contribution < 1.29 is 0 Å². The van der Waals surface area contributed by atoms with Gasteiger partial charge in [0.1, 0.15) is 8.80 Å². The summed E-state index contributed by atoms with van der Waals surface area (Å²) >= 11 is 0. The predicted octanol–water partition coefficient (Wildman–Crippen LogP) is 3.77. The van der Waals surface area contributed by atoms with E-state index in [2.05, 4.69) is 46.1 Å². The van der Waals surface area contributed by atoms with Crippen LogP contribution in [0.5, 0.6) is 0 Å². The van der Waals surface area contributed by atoms with Gasteiger partial charge in [-0.15, -0.1) is 11.5 Å². The molecule has 0 aliphatic heterocycles. The molecule has 13 heavy (non-hydrogen) atoms. The van der Waals surface area contributed by atoms with Gasteiger partial charge in [-0.2, -0.15) is 0 Å². The maximum absolute atomic E-state index is 3.54.